The summed E-state index contributed by atoms with van der Waals surface area (Å²) in [5, 5.41) is 12.9. The molecule has 0 atom stereocenters. The van der Waals surface area contributed by atoms with Crippen LogP contribution in [0.4, 0.5) is 0 Å². The molecule has 0 aromatic carbocycles. The molecular formula is C8H4BrN5S. The Morgan fingerprint density at radius 3 is 3.07 bits per heavy atom. The monoisotopic (exact) mass is 281 g/mol. The SMILES string of the molecule is Brc1cncc(-c2nn3cnnc3s2)c1. The third-order valence-corrected chi connectivity index (χ3v) is 3.23. The van der Waals surface area contributed by atoms with Crippen LogP contribution in [0, 0.1) is 0 Å². The molecule has 0 saturated heterocycles. The van der Waals surface area contributed by atoms with E-state index in [1.807, 2.05) is 6.07 Å². The maximum Gasteiger partial charge on any atom is 0.234 e. The highest BCUT2D eigenvalue weighted by atomic mass is 79.9. The zero-order chi connectivity index (χ0) is 10.3. The largest absolute Gasteiger partial charge is 0.263 e. The molecule has 3 aromatic rings. The molecule has 0 N–H and O–H groups in total. The van der Waals surface area contributed by atoms with Crippen molar-refractivity contribution in [2.75, 3.05) is 0 Å². The summed E-state index contributed by atoms with van der Waals surface area (Å²) in [7, 11) is 0. The first kappa shape index (κ1) is 8.93. The molecule has 74 valence electrons. The molecule has 0 aliphatic carbocycles. The molecule has 0 amide bonds. The van der Waals surface area contributed by atoms with Crippen LogP contribution in [0.3, 0.4) is 0 Å². The fourth-order valence-corrected chi connectivity index (χ4v) is 2.37. The molecule has 0 aliphatic rings. The van der Waals surface area contributed by atoms with Gasteiger partial charge in [-0.2, -0.15) is 9.61 Å². The zero-order valence-electron chi connectivity index (χ0n) is 7.33. The van der Waals surface area contributed by atoms with Crippen LogP contribution in [0.2, 0.25) is 0 Å². The second-order valence-corrected chi connectivity index (χ2v) is 4.73. The Kier molecular flexibility index (Phi) is 2.00. The van der Waals surface area contributed by atoms with Gasteiger partial charge in [0.15, 0.2) is 0 Å². The van der Waals surface area contributed by atoms with Gasteiger partial charge in [0, 0.05) is 22.4 Å². The van der Waals surface area contributed by atoms with Gasteiger partial charge in [0.05, 0.1) is 0 Å². The third-order valence-electron chi connectivity index (χ3n) is 1.84. The number of halogens is 1. The van der Waals surface area contributed by atoms with Crippen molar-refractivity contribution in [1.82, 2.24) is 24.8 Å². The Bertz CT molecular complexity index is 588. The van der Waals surface area contributed by atoms with Crippen LogP contribution in [0.5, 0.6) is 0 Å². The van der Waals surface area contributed by atoms with Crippen molar-refractivity contribution in [2.24, 2.45) is 0 Å². The molecule has 5 nitrogen and oxygen atoms in total. The van der Waals surface area contributed by atoms with Crippen LogP contribution < -0.4 is 0 Å². The minimum Gasteiger partial charge on any atom is -0.263 e. The van der Waals surface area contributed by atoms with E-state index in [0.717, 1.165) is 20.0 Å². The van der Waals surface area contributed by atoms with E-state index in [2.05, 4.69) is 36.2 Å². The first-order valence-electron chi connectivity index (χ1n) is 4.11. The van der Waals surface area contributed by atoms with Gasteiger partial charge in [0.2, 0.25) is 4.96 Å². The normalized spacial score (nSPS) is 11.0. The molecular weight excluding hydrogens is 278 g/mol. The van der Waals surface area contributed by atoms with E-state index in [-0.39, 0.29) is 0 Å². The Hall–Kier alpha value is -1.34. The predicted octanol–water partition coefficient (Wildman–Crippen LogP) is 2.01. The summed E-state index contributed by atoms with van der Waals surface area (Å²) in [5.74, 6) is 0. The molecule has 3 heterocycles. The number of aromatic nitrogens is 5. The van der Waals surface area contributed by atoms with E-state index in [1.165, 1.54) is 11.3 Å². The van der Waals surface area contributed by atoms with Crippen LogP contribution in [0.15, 0.2) is 29.3 Å². The smallest absolute Gasteiger partial charge is 0.234 e. The topological polar surface area (TPSA) is 56.0 Å². The third kappa shape index (κ3) is 1.53. The molecule has 3 aromatic heterocycles. The van der Waals surface area contributed by atoms with E-state index in [0.29, 0.717) is 0 Å². The molecule has 0 radical (unpaired) electrons. The fourth-order valence-electron chi connectivity index (χ4n) is 1.21. The van der Waals surface area contributed by atoms with E-state index in [4.69, 9.17) is 0 Å². The van der Waals surface area contributed by atoms with Gasteiger partial charge < -0.3 is 0 Å². The van der Waals surface area contributed by atoms with Crippen molar-refractivity contribution in [3.05, 3.63) is 29.3 Å². The van der Waals surface area contributed by atoms with Crippen molar-refractivity contribution in [1.29, 1.82) is 0 Å². The molecule has 0 bridgehead atoms. The maximum absolute atomic E-state index is 4.33. The van der Waals surface area contributed by atoms with Gasteiger partial charge >= 0.3 is 0 Å². The summed E-state index contributed by atoms with van der Waals surface area (Å²) in [6.07, 6.45) is 5.10. The van der Waals surface area contributed by atoms with Gasteiger partial charge in [0.1, 0.15) is 11.3 Å². The van der Waals surface area contributed by atoms with E-state index >= 15 is 0 Å². The van der Waals surface area contributed by atoms with E-state index in [1.54, 1.807) is 23.2 Å². The van der Waals surface area contributed by atoms with Crippen LogP contribution in [0.25, 0.3) is 15.5 Å². The van der Waals surface area contributed by atoms with Crippen molar-refractivity contribution < 1.29 is 0 Å². The summed E-state index contributed by atoms with van der Waals surface area (Å²) in [6.45, 7) is 0. The highest BCUT2D eigenvalue weighted by molar-refractivity contribution is 9.10. The quantitative estimate of drug-likeness (QED) is 0.685. The molecule has 0 fully saturated rings. The first-order valence-corrected chi connectivity index (χ1v) is 5.72. The highest BCUT2D eigenvalue weighted by Crippen LogP contribution is 2.25. The molecule has 15 heavy (non-hydrogen) atoms. The predicted molar refractivity (Wildman–Crippen MR) is 59.6 cm³/mol. The maximum atomic E-state index is 4.33. The number of pyridine rings is 1. The second kappa shape index (κ2) is 3.35. The lowest BCUT2D eigenvalue weighted by Crippen LogP contribution is -1.83. The average molecular weight is 282 g/mol. The average Bonchev–Trinajstić information content (AvgIpc) is 2.76. The number of hydrogen-bond donors (Lipinski definition) is 0. The van der Waals surface area contributed by atoms with Gasteiger partial charge in [0.25, 0.3) is 0 Å². The number of nitrogens with zero attached hydrogens (tertiary/aromatic N) is 5. The summed E-state index contributed by atoms with van der Waals surface area (Å²) >= 11 is 4.86. The standard InChI is InChI=1S/C8H4BrN5S/c9-6-1-5(2-10-3-6)7-13-14-4-11-12-8(14)15-7/h1-4H. The van der Waals surface area contributed by atoms with Crippen molar-refractivity contribution >= 4 is 32.2 Å². The summed E-state index contributed by atoms with van der Waals surface area (Å²) in [4.78, 5) is 4.87. The zero-order valence-corrected chi connectivity index (χ0v) is 9.73. The number of hydrogen-bond acceptors (Lipinski definition) is 5. The van der Waals surface area contributed by atoms with Crippen molar-refractivity contribution in [3.8, 4) is 10.6 Å². The van der Waals surface area contributed by atoms with Crippen LogP contribution in [-0.4, -0.2) is 24.8 Å². The Morgan fingerprint density at radius 2 is 2.27 bits per heavy atom. The van der Waals surface area contributed by atoms with Crippen LogP contribution >= 0.6 is 27.3 Å². The van der Waals surface area contributed by atoms with E-state index < -0.39 is 0 Å². The first-order chi connectivity index (χ1) is 7.33. The van der Waals surface area contributed by atoms with Crippen LogP contribution in [0.1, 0.15) is 0 Å². The fraction of sp³-hybridized carbons (Fsp3) is 0. The molecule has 3 rings (SSSR count). The lowest BCUT2D eigenvalue weighted by atomic mass is 10.3. The van der Waals surface area contributed by atoms with Gasteiger partial charge in [-0.25, -0.2) is 0 Å². The van der Waals surface area contributed by atoms with Crippen molar-refractivity contribution in [3.63, 3.8) is 0 Å². The minimum atomic E-state index is 0.782. The van der Waals surface area contributed by atoms with Gasteiger partial charge in [-0.05, 0) is 22.0 Å². The number of fused-ring (bicyclic) bond motifs is 1. The molecule has 0 saturated carbocycles. The van der Waals surface area contributed by atoms with Crippen LogP contribution in [-0.2, 0) is 0 Å². The highest BCUT2D eigenvalue weighted by Gasteiger charge is 2.07. The summed E-state index contributed by atoms with van der Waals surface area (Å²) in [6, 6.07) is 1.97. The molecule has 0 unspecified atom stereocenters. The summed E-state index contributed by atoms with van der Waals surface area (Å²) in [5.41, 5.74) is 0.972. The van der Waals surface area contributed by atoms with Crippen molar-refractivity contribution in [2.45, 2.75) is 0 Å². The molecule has 0 aliphatic heterocycles. The molecule has 7 heteroatoms. The van der Waals surface area contributed by atoms with Gasteiger partial charge in [-0.15, -0.1) is 10.2 Å². The Balaban J connectivity index is 2.17. The van der Waals surface area contributed by atoms with Gasteiger partial charge in [-0.1, -0.05) is 11.3 Å². The van der Waals surface area contributed by atoms with E-state index in [9.17, 15) is 0 Å². The second-order valence-electron chi connectivity index (χ2n) is 2.86. The minimum absolute atomic E-state index is 0.782. The Morgan fingerprint density at radius 1 is 1.33 bits per heavy atom. The molecule has 0 spiro atoms. The lowest BCUT2D eigenvalue weighted by Gasteiger charge is -1.94. The lowest BCUT2D eigenvalue weighted by molar-refractivity contribution is 0.959. The summed E-state index contributed by atoms with van der Waals surface area (Å²) < 4.78 is 2.59. The number of rotatable bonds is 1. The Labute approximate surface area is 96.9 Å². The van der Waals surface area contributed by atoms with Gasteiger partial charge in [-0.3, -0.25) is 4.98 Å².